The number of hydrogen-bond acceptors (Lipinski definition) is 4. The molecule has 4 heteroatoms. The molecule has 0 aliphatic rings. The molecule has 238 valence electrons. The zero-order chi connectivity index (χ0) is 33.7. The molecule has 0 N–H and O–H groups in total. The Bertz CT molecular complexity index is 2900. The zero-order valence-corrected chi connectivity index (χ0v) is 27.5. The number of rotatable bonds is 5. The fourth-order valence-electron chi connectivity index (χ4n) is 7.16. The maximum atomic E-state index is 6.63. The first kappa shape index (κ1) is 29.0. The highest BCUT2D eigenvalue weighted by Gasteiger charge is 2.19. The van der Waals surface area contributed by atoms with Crippen LogP contribution in [-0.4, -0.2) is 15.0 Å². The molecule has 8 aromatic carbocycles. The van der Waals surface area contributed by atoms with Crippen LogP contribution in [0.2, 0.25) is 0 Å². The summed E-state index contributed by atoms with van der Waals surface area (Å²) in [6, 6.07) is 61.0. The lowest BCUT2D eigenvalue weighted by Crippen LogP contribution is -2.00. The van der Waals surface area contributed by atoms with Gasteiger partial charge in [-0.15, -0.1) is 0 Å². The van der Waals surface area contributed by atoms with E-state index < -0.39 is 0 Å². The van der Waals surface area contributed by atoms with Gasteiger partial charge in [-0.3, -0.25) is 0 Å². The van der Waals surface area contributed by atoms with Gasteiger partial charge in [-0.1, -0.05) is 152 Å². The fraction of sp³-hybridized carbons (Fsp3) is 0. The van der Waals surface area contributed by atoms with Crippen LogP contribution in [0, 0.1) is 0 Å². The van der Waals surface area contributed by atoms with Crippen LogP contribution in [0.3, 0.4) is 0 Å². The van der Waals surface area contributed by atoms with Crippen molar-refractivity contribution in [3.05, 3.63) is 176 Å². The molecule has 0 aliphatic heterocycles. The van der Waals surface area contributed by atoms with Gasteiger partial charge in [-0.25, -0.2) is 15.0 Å². The van der Waals surface area contributed by atoms with Gasteiger partial charge in [0.2, 0.25) is 0 Å². The van der Waals surface area contributed by atoms with Crippen molar-refractivity contribution in [1.29, 1.82) is 0 Å². The number of nitrogens with zero attached hydrogens (tertiary/aromatic N) is 3. The number of aromatic nitrogens is 3. The van der Waals surface area contributed by atoms with Crippen LogP contribution >= 0.6 is 0 Å². The first-order chi connectivity index (χ1) is 25.2. The van der Waals surface area contributed by atoms with E-state index in [-0.39, 0.29) is 0 Å². The van der Waals surface area contributed by atoms with Crippen molar-refractivity contribution in [2.24, 2.45) is 0 Å². The first-order valence-corrected chi connectivity index (χ1v) is 17.1. The molecule has 0 radical (unpaired) electrons. The minimum atomic E-state index is 0.598. The van der Waals surface area contributed by atoms with Crippen molar-refractivity contribution in [3.63, 3.8) is 0 Å². The molecule has 0 fully saturated rings. The molecule has 0 atom stereocenters. The summed E-state index contributed by atoms with van der Waals surface area (Å²) in [6.07, 6.45) is 0. The summed E-state index contributed by atoms with van der Waals surface area (Å²) >= 11 is 0. The van der Waals surface area contributed by atoms with Gasteiger partial charge in [0.05, 0.1) is 0 Å². The zero-order valence-electron chi connectivity index (χ0n) is 27.5. The van der Waals surface area contributed by atoms with Crippen LogP contribution in [0.15, 0.2) is 180 Å². The molecule has 51 heavy (non-hydrogen) atoms. The number of fused-ring (bicyclic) bond motifs is 6. The third-order valence-electron chi connectivity index (χ3n) is 9.72. The van der Waals surface area contributed by atoms with E-state index in [0.29, 0.717) is 17.5 Å². The van der Waals surface area contributed by atoms with Crippen molar-refractivity contribution in [2.45, 2.75) is 0 Å². The van der Waals surface area contributed by atoms with Gasteiger partial charge in [-0.05, 0) is 68.1 Å². The van der Waals surface area contributed by atoms with Gasteiger partial charge < -0.3 is 4.42 Å². The SMILES string of the molecule is c1ccc(-c2ccc3c(c2)oc2cc(-c4nc(-c5ccccc5)nc(-c5ccc(-c6ccc7ccccc7c6)cc5)n4)c4ccccc4c23)cc1. The van der Waals surface area contributed by atoms with E-state index in [1.54, 1.807) is 0 Å². The van der Waals surface area contributed by atoms with Crippen LogP contribution < -0.4 is 0 Å². The van der Waals surface area contributed by atoms with Gasteiger partial charge in [-0.2, -0.15) is 0 Å². The summed E-state index contributed by atoms with van der Waals surface area (Å²) < 4.78 is 6.63. The van der Waals surface area contributed by atoms with E-state index in [9.17, 15) is 0 Å². The average molecular weight is 652 g/mol. The molecule has 10 rings (SSSR count). The van der Waals surface area contributed by atoms with E-state index in [1.165, 1.54) is 16.3 Å². The Hall–Kier alpha value is -6.91. The molecule has 0 saturated heterocycles. The number of furan rings is 1. The molecule has 4 nitrogen and oxygen atoms in total. The maximum absolute atomic E-state index is 6.63. The van der Waals surface area contributed by atoms with Gasteiger partial charge in [0, 0.05) is 27.5 Å². The van der Waals surface area contributed by atoms with Gasteiger partial charge in [0.25, 0.3) is 0 Å². The van der Waals surface area contributed by atoms with Gasteiger partial charge >= 0.3 is 0 Å². The predicted octanol–water partition coefficient (Wildman–Crippen LogP) is 12.4. The predicted molar refractivity (Wildman–Crippen MR) is 209 cm³/mol. The summed E-state index contributed by atoms with van der Waals surface area (Å²) in [5, 5.41) is 6.78. The molecule has 0 unspecified atom stereocenters. The van der Waals surface area contributed by atoms with E-state index in [0.717, 1.165) is 66.1 Å². The highest BCUT2D eigenvalue weighted by Crippen LogP contribution is 2.41. The maximum Gasteiger partial charge on any atom is 0.164 e. The molecule has 0 bridgehead atoms. The van der Waals surface area contributed by atoms with Crippen molar-refractivity contribution < 1.29 is 4.42 Å². The smallest absolute Gasteiger partial charge is 0.164 e. The van der Waals surface area contributed by atoms with E-state index in [4.69, 9.17) is 19.4 Å². The topological polar surface area (TPSA) is 51.8 Å². The van der Waals surface area contributed by atoms with Crippen LogP contribution in [-0.2, 0) is 0 Å². The third-order valence-corrected chi connectivity index (χ3v) is 9.72. The Morgan fingerprint density at radius 2 is 0.843 bits per heavy atom. The summed E-state index contributed by atoms with van der Waals surface area (Å²) in [5.41, 5.74) is 8.97. The standard InChI is InChI=1S/C47H29N3O/c1-3-11-30(12-4-1)37-25-26-40-42(28-37)51-43-29-41(38-17-9-10-18-39(38)44(40)43)47-49-45(33-14-5-2-6-15-33)48-46(50-47)34-22-19-32(20-23-34)36-24-21-31-13-7-8-16-35(31)27-36/h1-29H. The quantitative estimate of drug-likeness (QED) is 0.186. The Morgan fingerprint density at radius 1 is 0.314 bits per heavy atom. The molecule has 0 spiro atoms. The third kappa shape index (κ3) is 5.13. The largest absolute Gasteiger partial charge is 0.456 e. The summed E-state index contributed by atoms with van der Waals surface area (Å²) in [6.45, 7) is 0. The van der Waals surface area contributed by atoms with Crippen LogP contribution in [0.25, 0.3) is 99.9 Å². The minimum absolute atomic E-state index is 0.598. The van der Waals surface area contributed by atoms with Crippen LogP contribution in [0.5, 0.6) is 0 Å². The van der Waals surface area contributed by atoms with Crippen molar-refractivity contribution >= 4 is 43.5 Å². The highest BCUT2D eigenvalue weighted by atomic mass is 16.3. The Kier molecular flexibility index (Phi) is 6.78. The number of hydrogen-bond donors (Lipinski definition) is 0. The second kappa shape index (κ2) is 11.9. The molecular formula is C47H29N3O. The monoisotopic (exact) mass is 651 g/mol. The fourth-order valence-corrected chi connectivity index (χ4v) is 7.16. The molecule has 2 aromatic heterocycles. The second-order valence-electron chi connectivity index (χ2n) is 12.8. The number of benzene rings is 8. The summed E-state index contributed by atoms with van der Waals surface area (Å²) in [4.78, 5) is 15.3. The van der Waals surface area contributed by atoms with E-state index >= 15 is 0 Å². The summed E-state index contributed by atoms with van der Waals surface area (Å²) in [7, 11) is 0. The van der Waals surface area contributed by atoms with Crippen molar-refractivity contribution in [2.75, 3.05) is 0 Å². The van der Waals surface area contributed by atoms with E-state index in [1.807, 2.05) is 36.4 Å². The van der Waals surface area contributed by atoms with Gasteiger partial charge in [0.15, 0.2) is 17.5 Å². The van der Waals surface area contributed by atoms with Gasteiger partial charge in [0.1, 0.15) is 11.2 Å². The molecule has 0 saturated carbocycles. The molecule has 0 aliphatic carbocycles. The second-order valence-corrected chi connectivity index (χ2v) is 12.8. The first-order valence-electron chi connectivity index (χ1n) is 17.1. The lowest BCUT2D eigenvalue weighted by atomic mass is 9.97. The lowest BCUT2D eigenvalue weighted by molar-refractivity contribution is 0.669. The minimum Gasteiger partial charge on any atom is -0.456 e. The Morgan fingerprint density at radius 3 is 1.61 bits per heavy atom. The Balaban J connectivity index is 1.13. The lowest BCUT2D eigenvalue weighted by Gasteiger charge is -2.11. The van der Waals surface area contributed by atoms with E-state index in [2.05, 4.69) is 140 Å². The average Bonchev–Trinajstić information content (AvgIpc) is 3.59. The molecule has 10 aromatic rings. The highest BCUT2D eigenvalue weighted by molar-refractivity contribution is 6.22. The normalized spacial score (nSPS) is 11.5. The molecule has 2 heterocycles. The Labute approximate surface area is 294 Å². The van der Waals surface area contributed by atoms with Crippen LogP contribution in [0.4, 0.5) is 0 Å². The molecular weight excluding hydrogens is 623 g/mol. The van der Waals surface area contributed by atoms with Crippen molar-refractivity contribution in [3.8, 4) is 56.4 Å². The van der Waals surface area contributed by atoms with Crippen molar-refractivity contribution in [1.82, 2.24) is 15.0 Å². The van der Waals surface area contributed by atoms with Crippen LogP contribution in [0.1, 0.15) is 0 Å². The molecule has 0 amide bonds. The summed E-state index contributed by atoms with van der Waals surface area (Å²) in [5.74, 6) is 1.83.